The van der Waals surface area contributed by atoms with Crippen molar-refractivity contribution in [1.29, 1.82) is 0 Å². The van der Waals surface area contributed by atoms with Crippen molar-refractivity contribution in [3.05, 3.63) is 71.9 Å². The minimum absolute atomic E-state index is 0.346. The van der Waals surface area contributed by atoms with Crippen LogP contribution in [0.2, 0.25) is 0 Å². The van der Waals surface area contributed by atoms with Gasteiger partial charge in [0.05, 0.1) is 18.3 Å². The second kappa shape index (κ2) is 6.75. The van der Waals surface area contributed by atoms with Crippen LogP contribution in [0.4, 0.5) is 5.69 Å². The van der Waals surface area contributed by atoms with Gasteiger partial charge in [-0.15, -0.1) is 0 Å². The molecule has 0 unspecified atom stereocenters. The van der Waals surface area contributed by atoms with Gasteiger partial charge in [0.15, 0.2) is 0 Å². The fourth-order valence-corrected chi connectivity index (χ4v) is 3.50. The first-order chi connectivity index (χ1) is 12.7. The van der Waals surface area contributed by atoms with Gasteiger partial charge in [-0.1, -0.05) is 0 Å². The summed E-state index contributed by atoms with van der Waals surface area (Å²) in [6, 6.07) is 12.8. The van der Waals surface area contributed by atoms with E-state index in [1.807, 2.05) is 32.2 Å². The number of nitrogens with one attached hydrogen (secondary N) is 1. The van der Waals surface area contributed by atoms with E-state index in [0.29, 0.717) is 12.6 Å². The van der Waals surface area contributed by atoms with E-state index < -0.39 is 0 Å². The predicted octanol–water partition coefficient (Wildman–Crippen LogP) is 3.70. The molecule has 0 radical (unpaired) electrons. The van der Waals surface area contributed by atoms with Crippen molar-refractivity contribution < 1.29 is 4.74 Å². The molecule has 1 atom stereocenters. The third-order valence-corrected chi connectivity index (χ3v) is 4.75. The first kappa shape index (κ1) is 16.5. The summed E-state index contributed by atoms with van der Waals surface area (Å²) in [6.45, 7) is 7.86. The van der Waals surface area contributed by atoms with Gasteiger partial charge >= 0.3 is 0 Å². The van der Waals surface area contributed by atoms with Crippen LogP contribution in [0.25, 0.3) is 5.57 Å². The molecule has 0 spiro atoms. The van der Waals surface area contributed by atoms with Crippen molar-refractivity contribution in [2.45, 2.75) is 26.8 Å². The molecule has 1 aromatic carbocycles. The summed E-state index contributed by atoms with van der Waals surface area (Å²) in [4.78, 5) is 6.62. The van der Waals surface area contributed by atoms with Gasteiger partial charge in [-0.05, 0) is 62.7 Å². The molecule has 0 saturated carbocycles. The zero-order chi connectivity index (χ0) is 18.1. The number of hydrogen-bond donors (Lipinski definition) is 1. The van der Waals surface area contributed by atoms with Crippen LogP contribution < -0.4 is 15.1 Å². The molecule has 4 rings (SSSR count). The number of rotatable bonds is 4. The molecule has 0 amide bonds. The van der Waals surface area contributed by atoms with Crippen LogP contribution in [0.15, 0.2) is 60.7 Å². The van der Waals surface area contributed by atoms with Gasteiger partial charge in [-0.25, -0.2) is 0 Å². The van der Waals surface area contributed by atoms with E-state index in [4.69, 9.17) is 4.74 Å². The average Bonchev–Trinajstić information content (AvgIpc) is 3.07. The first-order valence-corrected chi connectivity index (χ1v) is 9.06. The predicted molar refractivity (Wildman–Crippen MR) is 104 cm³/mol. The van der Waals surface area contributed by atoms with Crippen LogP contribution in [-0.2, 0) is 0 Å². The number of pyridine rings is 1. The zero-order valence-corrected chi connectivity index (χ0v) is 15.4. The molecule has 5 heteroatoms. The zero-order valence-electron chi connectivity index (χ0n) is 15.4. The third kappa shape index (κ3) is 3.01. The maximum absolute atomic E-state index is 5.56. The Morgan fingerprint density at radius 1 is 1.23 bits per heavy atom. The van der Waals surface area contributed by atoms with E-state index in [1.54, 1.807) is 0 Å². The van der Waals surface area contributed by atoms with Crippen LogP contribution in [0, 0.1) is 6.92 Å². The number of ether oxygens (including phenoxy) is 1. The Bertz CT molecular complexity index is 857. The molecule has 1 N–H and O–H groups in total. The van der Waals surface area contributed by atoms with Crippen molar-refractivity contribution in [2.24, 2.45) is 0 Å². The summed E-state index contributed by atoms with van der Waals surface area (Å²) in [5.74, 6) is 0.908. The van der Waals surface area contributed by atoms with Crippen LogP contribution in [0.3, 0.4) is 0 Å². The largest absolute Gasteiger partial charge is 0.494 e. The van der Waals surface area contributed by atoms with E-state index in [9.17, 15) is 0 Å². The van der Waals surface area contributed by atoms with Crippen molar-refractivity contribution in [1.82, 2.24) is 15.4 Å². The molecule has 2 aliphatic heterocycles. The maximum atomic E-state index is 5.56. The van der Waals surface area contributed by atoms with Crippen LogP contribution in [0.1, 0.15) is 25.1 Å². The Morgan fingerprint density at radius 2 is 2.04 bits per heavy atom. The Kier molecular flexibility index (Phi) is 4.29. The number of aromatic nitrogens is 1. The number of aryl methyl sites for hydroxylation is 1. The molecule has 3 heterocycles. The summed E-state index contributed by atoms with van der Waals surface area (Å²) < 4.78 is 5.56. The fraction of sp³-hybridized carbons (Fsp3) is 0.286. The van der Waals surface area contributed by atoms with E-state index >= 15 is 0 Å². The molecular formula is C21H24N4O. The monoisotopic (exact) mass is 348 g/mol. The minimum Gasteiger partial charge on any atom is -0.494 e. The van der Waals surface area contributed by atoms with E-state index in [1.165, 1.54) is 22.5 Å². The highest BCUT2D eigenvalue weighted by atomic mass is 16.5. The smallest absolute Gasteiger partial charge is 0.119 e. The van der Waals surface area contributed by atoms with Crippen molar-refractivity contribution in [3.8, 4) is 5.75 Å². The number of hydrazine groups is 1. The molecule has 26 heavy (non-hydrogen) atoms. The van der Waals surface area contributed by atoms with E-state index in [-0.39, 0.29) is 0 Å². The highest BCUT2D eigenvalue weighted by Crippen LogP contribution is 2.35. The maximum Gasteiger partial charge on any atom is 0.119 e. The number of nitrogens with zero attached hydrogens (tertiary/aromatic N) is 3. The lowest BCUT2D eigenvalue weighted by molar-refractivity contribution is 0.232. The second-order valence-corrected chi connectivity index (χ2v) is 6.69. The fourth-order valence-electron chi connectivity index (χ4n) is 3.50. The number of fused-ring (bicyclic) bond motifs is 1. The van der Waals surface area contributed by atoms with E-state index in [0.717, 1.165) is 18.0 Å². The molecule has 0 bridgehead atoms. The average molecular weight is 348 g/mol. The molecule has 134 valence electrons. The summed E-state index contributed by atoms with van der Waals surface area (Å²) in [6.07, 6.45) is 6.17. The van der Waals surface area contributed by atoms with Crippen molar-refractivity contribution in [2.75, 3.05) is 18.1 Å². The molecule has 2 aromatic rings. The van der Waals surface area contributed by atoms with Crippen LogP contribution in [-0.4, -0.2) is 29.2 Å². The highest BCUT2D eigenvalue weighted by molar-refractivity contribution is 5.81. The molecule has 1 aromatic heterocycles. The Balaban J connectivity index is 1.65. The number of allylic oxidation sites excluding steroid dienone is 1. The van der Waals surface area contributed by atoms with Crippen molar-refractivity contribution >= 4 is 11.3 Å². The number of anilines is 1. The summed E-state index contributed by atoms with van der Waals surface area (Å²) >= 11 is 0. The van der Waals surface area contributed by atoms with Gasteiger partial charge in [0.25, 0.3) is 0 Å². The van der Waals surface area contributed by atoms with Gasteiger partial charge < -0.3 is 15.1 Å². The topological polar surface area (TPSA) is 40.6 Å². The molecule has 2 aliphatic rings. The summed E-state index contributed by atoms with van der Waals surface area (Å²) in [5.41, 5.74) is 9.16. The Morgan fingerprint density at radius 3 is 2.77 bits per heavy atom. The number of benzene rings is 1. The number of hydrogen-bond acceptors (Lipinski definition) is 5. The first-order valence-electron chi connectivity index (χ1n) is 9.06. The summed E-state index contributed by atoms with van der Waals surface area (Å²) in [7, 11) is 0. The van der Waals surface area contributed by atoms with Gasteiger partial charge in [0, 0.05) is 42.1 Å². The van der Waals surface area contributed by atoms with Gasteiger partial charge in [-0.2, -0.15) is 0 Å². The van der Waals surface area contributed by atoms with Crippen LogP contribution in [0.5, 0.6) is 5.75 Å². The lowest BCUT2D eigenvalue weighted by Crippen LogP contribution is -2.47. The Hall–Kier alpha value is -2.95. The SMILES string of the molecule is CCOc1ccc(N2C=C3C(c4ccnc(C)c4)=CNN3[C@@H](C)C2)cc1. The molecule has 5 nitrogen and oxygen atoms in total. The highest BCUT2D eigenvalue weighted by Gasteiger charge is 2.31. The van der Waals surface area contributed by atoms with Crippen molar-refractivity contribution in [3.63, 3.8) is 0 Å². The molecule has 0 saturated heterocycles. The molecule has 0 aliphatic carbocycles. The molecular weight excluding hydrogens is 324 g/mol. The molecule has 0 fully saturated rings. The lowest BCUT2D eigenvalue weighted by atomic mass is 10.0. The van der Waals surface area contributed by atoms with Crippen LogP contribution >= 0.6 is 0 Å². The van der Waals surface area contributed by atoms with E-state index in [2.05, 4.69) is 63.9 Å². The van der Waals surface area contributed by atoms with Gasteiger partial charge in [0.1, 0.15) is 5.75 Å². The Labute approximate surface area is 154 Å². The van der Waals surface area contributed by atoms with Gasteiger partial charge in [-0.3, -0.25) is 9.99 Å². The standard InChI is InChI=1S/C21H24N4O/c1-4-26-19-7-5-18(6-8-19)24-13-16(3)25-21(14-24)20(12-23-25)17-9-10-22-15(2)11-17/h5-12,14,16,23H,4,13H2,1-3H3/t16-/m0/s1. The third-order valence-electron chi connectivity index (χ3n) is 4.75. The second-order valence-electron chi connectivity index (χ2n) is 6.69. The quantitative estimate of drug-likeness (QED) is 0.912. The summed E-state index contributed by atoms with van der Waals surface area (Å²) in [5, 5.41) is 2.23. The minimum atomic E-state index is 0.346. The van der Waals surface area contributed by atoms with Gasteiger partial charge in [0.2, 0.25) is 0 Å². The normalized spacial score (nSPS) is 18.8. The lowest BCUT2D eigenvalue weighted by Gasteiger charge is -2.38.